The highest BCUT2D eigenvalue weighted by molar-refractivity contribution is 5.98. The summed E-state index contributed by atoms with van der Waals surface area (Å²) in [4.78, 5) is 41.5. The molecule has 3 fully saturated rings. The van der Waals surface area contributed by atoms with Gasteiger partial charge in [-0.3, -0.25) is 14.4 Å². The fraction of sp³-hybridized carbons (Fsp3) is 0.625. The summed E-state index contributed by atoms with van der Waals surface area (Å²) in [5.74, 6) is -2.67. The van der Waals surface area contributed by atoms with Gasteiger partial charge in [-0.15, -0.1) is 0 Å². The molecule has 8 heteroatoms. The molecule has 2 bridgehead atoms. The zero-order chi connectivity index (χ0) is 23.0. The number of likely N-dealkylation sites (tertiary alicyclic amines) is 1. The lowest BCUT2D eigenvalue weighted by Crippen LogP contribution is -2.58. The molecule has 0 aliphatic carbocycles. The van der Waals surface area contributed by atoms with Crippen LogP contribution in [0.3, 0.4) is 0 Å². The number of hydrogen-bond acceptors (Lipinski definition) is 6. The van der Waals surface area contributed by atoms with Gasteiger partial charge in [0.2, 0.25) is 11.8 Å². The van der Waals surface area contributed by atoms with Gasteiger partial charge < -0.3 is 24.8 Å². The van der Waals surface area contributed by atoms with E-state index in [1.165, 1.54) is 4.90 Å². The Bertz CT molecular complexity index is 875. The molecular weight excluding hydrogens is 412 g/mol. The van der Waals surface area contributed by atoms with E-state index in [9.17, 15) is 19.5 Å². The highest BCUT2D eigenvalue weighted by Gasteiger charge is 2.75. The fourth-order valence-corrected chi connectivity index (χ4v) is 5.76. The third kappa shape index (κ3) is 3.49. The Balaban J connectivity index is 1.69. The first-order chi connectivity index (χ1) is 15.4. The number of aliphatic hydroxyl groups is 1. The van der Waals surface area contributed by atoms with Crippen molar-refractivity contribution in [3.05, 3.63) is 35.9 Å². The van der Waals surface area contributed by atoms with Crippen LogP contribution in [-0.4, -0.2) is 64.8 Å². The topological polar surface area (TPSA) is 105 Å². The Morgan fingerprint density at radius 3 is 2.66 bits per heavy atom. The average Bonchev–Trinajstić information content (AvgIpc) is 3.41. The van der Waals surface area contributed by atoms with Crippen molar-refractivity contribution in [3.63, 3.8) is 0 Å². The van der Waals surface area contributed by atoms with Crippen molar-refractivity contribution >= 4 is 17.8 Å². The molecule has 0 radical (unpaired) electrons. The smallest absolute Gasteiger partial charge is 0.312 e. The number of benzene rings is 1. The van der Waals surface area contributed by atoms with E-state index in [0.29, 0.717) is 19.4 Å². The molecule has 6 atom stereocenters. The molecule has 3 aliphatic heterocycles. The van der Waals surface area contributed by atoms with Crippen LogP contribution in [0.1, 0.15) is 39.2 Å². The van der Waals surface area contributed by atoms with Gasteiger partial charge in [-0.05, 0) is 31.2 Å². The van der Waals surface area contributed by atoms with Crippen LogP contribution in [-0.2, 0) is 30.4 Å². The number of hydrogen-bond donors (Lipinski definition) is 2. The monoisotopic (exact) mass is 444 g/mol. The van der Waals surface area contributed by atoms with E-state index < -0.39 is 41.6 Å². The molecule has 1 aromatic carbocycles. The molecule has 174 valence electrons. The third-order valence-corrected chi connectivity index (χ3v) is 7.17. The second-order valence-electron chi connectivity index (χ2n) is 9.25. The largest absolute Gasteiger partial charge is 0.466 e. The van der Waals surface area contributed by atoms with Gasteiger partial charge in [0, 0.05) is 6.54 Å². The first-order valence-electron chi connectivity index (χ1n) is 11.4. The third-order valence-electron chi connectivity index (χ3n) is 7.17. The number of esters is 1. The summed E-state index contributed by atoms with van der Waals surface area (Å²) in [6.45, 7) is 5.79. The second-order valence-corrected chi connectivity index (χ2v) is 9.25. The van der Waals surface area contributed by atoms with Crippen molar-refractivity contribution < 1.29 is 29.0 Å². The minimum absolute atomic E-state index is 0.0816. The van der Waals surface area contributed by atoms with Crippen LogP contribution in [0.2, 0.25) is 0 Å². The molecule has 8 nitrogen and oxygen atoms in total. The Hall–Kier alpha value is -2.45. The number of rotatable bonds is 8. The van der Waals surface area contributed by atoms with Crippen LogP contribution in [0, 0.1) is 17.8 Å². The summed E-state index contributed by atoms with van der Waals surface area (Å²) in [5, 5.41) is 13.1. The lowest BCUT2D eigenvalue weighted by atomic mass is 9.70. The molecule has 2 N–H and O–H groups in total. The number of ether oxygens (including phenoxy) is 2. The maximum absolute atomic E-state index is 13.7. The van der Waals surface area contributed by atoms with Gasteiger partial charge in [0.25, 0.3) is 0 Å². The molecule has 32 heavy (non-hydrogen) atoms. The molecule has 2 unspecified atom stereocenters. The summed E-state index contributed by atoms with van der Waals surface area (Å²) in [6, 6.07) is 8.06. The van der Waals surface area contributed by atoms with E-state index in [-0.39, 0.29) is 30.9 Å². The Morgan fingerprint density at radius 1 is 1.31 bits per heavy atom. The van der Waals surface area contributed by atoms with Gasteiger partial charge in [0.1, 0.15) is 11.6 Å². The minimum atomic E-state index is -1.08. The van der Waals surface area contributed by atoms with Crippen LogP contribution in [0.25, 0.3) is 0 Å². The molecule has 2 amide bonds. The first kappa shape index (κ1) is 22.7. The molecule has 1 aromatic rings. The predicted molar refractivity (Wildman–Crippen MR) is 115 cm³/mol. The zero-order valence-corrected chi connectivity index (χ0v) is 18.8. The van der Waals surface area contributed by atoms with Gasteiger partial charge in [0.05, 0.1) is 37.2 Å². The van der Waals surface area contributed by atoms with E-state index >= 15 is 0 Å². The highest BCUT2D eigenvalue weighted by atomic mass is 16.6. The van der Waals surface area contributed by atoms with Gasteiger partial charge in [-0.2, -0.15) is 0 Å². The quantitative estimate of drug-likeness (QED) is 0.585. The molecule has 3 aliphatic rings. The van der Waals surface area contributed by atoms with Crippen LogP contribution >= 0.6 is 0 Å². The predicted octanol–water partition coefficient (Wildman–Crippen LogP) is 1.26. The van der Waals surface area contributed by atoms with E-state index in [1.54, 1.807) is 6.92 Å². The zero-order valence-electron chi connectivity index (χ0n) is 18.8. The summed E-state index contributed by atoms with van der Waals surface area (Å²) >= 11 is 0. The maximum atomic E-state index is 13.7. The number of amides is 2. The van der Waals surface area contributed by atoms with Crippen molar-refractivity contribution in [3.8, 4) is 0 Å². The Morgan fingerprint density at radius 2 is 2.03 bits per heavy atom. The van der Waals surface area contributed by atoms with Gasteiger partial charge in [-0.1, -0.05) is 44.2 Å². The molecule has 4 rings (SSSR count). The fourth-order valence-electron chi connectivity index (χ4n) is 5.76. The second kappa shape index (κ2) is 8.83. The van der Waals surface area contributed by atoms with Gasteiger partial charge in [-0.25, -0.2) is 0 Å². The number of fused-ring (bicyclic) bond motifs is 1. The summed E-state index contributed by atoms with van der Waals surface area (Å²) in [5.41, 5.74) is -0.142. The molecular formula is C24H32N2O6. The normalized spacial score (nSPS) is 31.7. The number of aliphatic hydroxyl groups excluding tert-OH is 1. The standard InChI is InChI=1S/C24H32N2O6/c1-4-31-23(30)18-17-10-11-24(32-17)19(18)22(29)26(16(13-27)14(2)3)20(24)21(28)25-12-15-8-6-5-7-9-15/h5-9,14,16-20,27H,4,10-13H2,1-3H3,(H,25,28)/t16-,17+,18-,19-,20?,24?/m0/s1. The van der Waals surface area contributed by atoms with Crippen LogP contribution in [0.15, 0.2) is 30.3 Å². The Labute approximate surface area is 188 Å². The van der Waals surface area contributed by atoms with Gasteiger partial charge >= 0.3 is 5.97 Å². The van der Waals surface area contributed by atoms with Crippen LogP contribution < -0.4 is 5.32 Å². The Kier molecular flexibility index (Phi) is 6.27. The van der Waals surface area contributed by atoms with E-state index in [4.69, 9.17) is 9.47 Å². The molecule has 3 heterocycles. The summed E-state index contributed by atoms with van der Waals surface area (Å²) in [6.07, 6.45) is 0.677. The van der Waals surface area contributed by atoms with Crippen molar-refractivity contribution in [2.75, 3.05) is 13.2 Å². The lowest BCUT2D eigenvalue weighted by molar-refractivity contribution is -0.155. The summed E-state index contributed by atoms with van der Waals surface area (Å²) < 4.78 is 11.6. The number of carbonyl (C=O) groups is 3. The van der Waals surface area contributed by atoms with E-state index in [0.717, 1.165) is 5.56 Å². The number of nitrogens with one attached hydrogen (secondary N) is 1. The van der Waals surface area contributed by atoms with Crippen molar-refractivity contribution in [1.82, 2.24) is 10.2 Å². The van der Waals surface area contributed by atoms with Crippen LogP contribution in [0.5, 0.6) is 0 Å². The van der Waals surface area contributed by atoms with Crippen molar-refractivity contribution in [2.45, 2.75) is 63.9 Å². The molecule has 0 saturated carbocycles. The van der Waals surface area contributed by atoms with Crippen LogP contribution in [0.4, 0.5) is 0 Å². The summed E-state index contributed by atoms with van der Waals surface area (Å²) in [7, 11) is 0. The molecule has 1 spiro atoms. The number of carbonyl (C=O) groups excluding carboxylic acids is 3. The first-order valence-corrected chi connectivity index (χ1v) is 11.4. The van der Waals surface area contributed by atoms with Crippen molar-refractivity contribution in [1.29, 1.82) is 0 Å². The maximum Gasteiger partial charge on any atom is 0.312 e. The average molecular weight is 445 g/mol. The minimum Gasteiger partial charge on any atom is -0.466 e. The van der Waals surface area contributed by atoms with Crippen molar-refractivity contribution in [2.24, 2.45) is 17.8 Å². The van der Waals surface area contributed by atoms with Gasteiger partial charge in [0.15, 0.2) is 0 Å². The SMILES string of the molecule is CCOC(=O)[C@@H]1[C@H]2C(=O)N([C@@H](CO)C(C)C)C(C(=O)NCc3ccccc3)C23CC[C@H]1O3. The number of nitrogens with zero attached hydrogens (tertiary/aromatic N) is 1. The molecule has 0 aromatic heterocycles. The molecule has 3 saturated heterocycles. The lowest BCUT2D eigenvalue weighted by Gasteiger charge is -2.38. The van der Waals surface area contributed by atoms with E-state index in [2.05, 4.69) is 5.32 Å². The highest BCUT2D eigenvalue weighted by Crippen LogP contribution is 2.59. The van der Waals surface area contributed by atoms with E-state index in [1.807, 2.05) is 44.2 Å².